The van der Waals surface area contributed by atoms with Crippen LogP contribution in [0.25, 0.3) is 10.2 Å². The summed E-state index contributed by atoms with van der Waals surface area (Å²) < 4.78 is 41.4. The van der Waals surface area contributed by atoms with Crippen LogP contribution in [0.3, 0.4) is 0 Å². The van der Waals surface area contributed by atoms with Gasteiger partial charge < -0.3 is 21.1 Å². The number of hydrogen-bond donors (Lipinski definition) is 3. The van der Waals surface area contributed by atoms with E-state index in [1.807, 2.05) is 0 Å². The maximum Gasteiger partial charge on any atom is 0.424 e. The van der Waals surface area contributed by atoms with Crippen LogP contribution in [-0.2, 0) is 10.4 Å². The van der Waals surface area contributed by atoms with Crippen molar-refractivity contribution >= 4 is 33.5 Å². The van der Waals surface area contributed by atoms with Crippen molar-refractivity contribution < 1.29 is 27.9 Å². The lowest BCUT2D eigenvalue weighted by Gasteiger charge is -2.28. The number of primary amides is 1. The van der Waals surface area contributed by atoms with E-state index in [4.69, 9.17) is 5.73 Å². The lowest BCUT2D eigenvalue weighted by atomic mass is 9.99. The van der Waals surface area contributed by atoms with Gasteiger partial charge in [-0.1, -0.05) is 12.1 Å². The average molecular weight is 402 g/mol. The fraction of sp³-hybridized carbons (Fsp3) is 0.438. The Hall–Kier alpha value is -2.40. The summed E-state index contributed by atoms with van der Waals surface area (Å²) in [5, 5.41) is 12.2. The zero-order chi connectivity index (χ0) is 19.8. The lowest BCUT2D eigenvalue weighted by Crippen LogP contribution is -2.48. The number of aromatic nitrogens is 1. The largest absolute Gasteiger partial charge is 0.424 e. The molecule has 1 aromatic heterocycles. The Bertz CT molecular complexity index is 839. The molecule has 0 aliphatic carbocycles. The summed E-state index contributed by atoms with van der Waals surface area (Å²) >= 11 is 0.690. The molecule has 0 saturated carbocycles. The summed E-state index contributed by atoms with van der Waals surface area (Å²) in [5.74, 6) is -0.981. The van der Waals surface area contributed by atoms with Gasteiger partial charge in [0.05, 0.1) is 16.6 Å². The zero-order valence-electron chi connectivity index (χ0n) is 14.0. The van der Waals surface area contributed by atoms with Crippen molar-refractivity contribution in [2.45, 2.75) is 30.7 Å². The van der Waals surface area contributed by atoms with Gasteiger partial charge in [0, 0.05) is 19.1 Å². The second-order valence-electron chi connectivity index (χ2n) is 6.36. The third-order valence-electron chi connectivity index (χ3n) is 4.40. The van der Waals surface area contributed by atoms with E-state index in [-0.39, 0.29) is 6.54 Å². The maximum atomic E-state index is 13.6. The van der Waals surface area contributed by atoms with E-state index in [1.165, 1.54) is 11.0 Å². The molecule has 146 valence electrons. The number of urea groups is 1. The van der Waals surface area contributed by atoms with Gasteiger partial charge in [0.1, 0.15) is 5.01 Å². The third-order valence-corrected chi connectivity index (χ3v) is 5.59. The third kappa shape index (κ3) is 3.83. The molecule has 0 radical (unpaired) electrons. The predicted molar refractivity (Wildman–Crippen MR) is 91.9 cm³/mol. The van der Waals surface area contributed by atoms with Crippen LogP contribution in [0.1, 0.15) is 17.8 Å². The van der Waals surface area contributed by atoms with E-state index in [9.17, 15) is 27.9 Å². The van der Waals surface area contributed by atoms with Crippen molar-refractivity contribution in [1.82, 2.24) is 15.2 Å². The molecule has 3 rings (SSSR count). The molecule has 1 aromatic carbocycles. The van der Waals surface area contributed by atoms with Crippen molar-refractivity contribution in [3.63, 3.8) is 0 Å². The Morgan fingerprint density at radius 3 is 2.67 bits per heavy atom. The SMILES string of the molecule is NC(=O)N1CCC(NC(=O)CC(O)(c2nc3ccccc3s2)C(F)(F)F)C1. The highest BCUT2D eigenvalue weighted by Crippen LogP contribution is 2.44. The van der Waals surface area contributed by atoms with Crippen molar-refractivity contribution in [2.75, 3.05) is 13.1 Å². The monoisotopic (exact) mass is 402 g/mol. The number of rotatable bonds is 4. The number of benzene rings is 1. The molecule has 2 heterocycles. The van der Waals surface area contributed by atoms with Crippen LogP contribution in [0.5, 0.6) is 0 Å². The van der Waals surface area contributed by atoms with Crippen molar-refractivity contribution in [3.05, 3.63) is 29.3 Å². The lowest BCUT2D eigenvalue weighted by molar-refractivity contribution is -0.267. The molecular formula is C16H17F3N4O3S. The van der Waals surface area contributed by atoms with Crippen molar-refractivity contribution in [3.8, 4) is 0 Å². The fourth-order valence-corrected chi connectivity index (χ4v) is 4.01. The number of likely N-dealkylation sites (tertiary alicyclic amines) is 1. The Labute approximate surface area is 156 Å². The van der Waals surface area contributed by atoms with Crippen molar-refractivity contribution in [2.24, 2.45) is 5.73 Å². The van der Waals surface area contributed by atoms with Gasteiger partial charge in [-0.25, -0.2) is 9.78 Å². The number of carbonyl (C=O) groups is 2. The molecule has 1 aliphatic rings. The maximum absolute atomic E-state index is 13.6. The van der Waals surface area contributed by atoms with Gasteiger partial charge in [-0.3, -0.25) is 4.79 Å². The summed E-state index contributed by atoms with van der Waals surface area (Å²) in [5.41, 5.74) is 2.05. The smallest absolute Gasteiger partial charge is 0.374 e. The van der Waals surface area contributed by atoms with Gasteiger partial charge in [-0.05, 0) is 18.6 Å². The van der Waals surface area contributed by atoms with E-state index in [0.717, 1.165) is 0 Å². The number of nitrogens with zero attached hydrogens (tertiary/aromatic N) is 2. The quantitative estimate of drug-likeness (QED) is 0.723. The van der Waals surface area contributed by atoms with Gasteiger partial charge >= 0.3 is 12.2 Å². The second kappa shape index (κ2) is 6.97. The highest BCUT2D eigenvalue weighted by molar-refractivity contribution is 7.18. The molecule has 11 heteroatoms. The van der Waals surface area contributed by atoms with Gasteiger partial charge in [0.15, 0.2) is 0 Å². The molecular weight excluding hydrogens is 385 g/mol. The highest BCUT2D eigenvalue weighted by Gasteiger charge is 2.58. The Morgan fingerprint density at radius 2 is 2.07 bits per heavy atom. The number of nitrogens with one attached hydrogen (secondary N) is 1. The van der Waals surface area contributed by atoms with Gasteiger partial charge in [0.2, 0.25) is 11.5 Å². The fourth-order valence-electron chi connectivity index (χ4n) is 2.94. The van der Waals surface area contributed by atoms with Gasteiger partial charge in [-0.2, -0.15) is 13.2 Å². The molecule has 1 fully saturated rings. The van der Waals surface area contributed by atoms with Crippen LogP contribution in [0.2, 0.25) is 0 Å². The van der Waals surface area contributed by atoms with E-state index >= 15 is 0 Å². The number of fused-ring (bicyclic) bond motifs is 1. The first-order chi connectivity index (χ1) is 12.6. The predicted octanol–water partition coefficient (Wildman–Crippen LogP) is 1.71. The topological polar surface area (TPSA) is 109 Å². The summed E-state index contributed by atoms with van der Waals surface area (Å²) in [7, 11) is 0. The summed E-state index contributed by atoms with van der Waals surface area (Å²) in [6.45, 7) is 0.425. The standard InChI is InChI=1S/C16H17F3N4O3S/c17-16(18,19)15(26,13-22-10-3-1-2-4-11(10)27-13)7-12(24)21-9-5-6-23(8-9)14(20)25/h1-4,9,26H,5-8H2,(H2,20,25)(H,21,24). The number of alkyl halides is 3. The number of para-hydroxylation sites is 1. The summed E-state index contributed by atoms with van der Waals surface area (Å²) in [4.78, 5) is 28.5. The van der Waals surface area contributed by atoms with Crippen molar-refractivity contribution in [1.29, 1.82) is 0 Å². The molecule has 27 heavy (non-hydrogen) atoms. The number of aliphatic hydroxyl groups is 1. The molecule has 2 aromatic rings. The Morgan fingerprint density at radius 1 is 1.37 bits per heavy atom. The van der Waals surface area contributed by atoms with E-state index < -0.39 is 41.2 Å². The Kier molecular flexibility index (Phi) is 5.00. The number of hydrogen-bond acceptors (Lipinski definition) is 5. The average Bonchev–Trinajstić information content (AvgIpc) is 3.20. The van der Waals surface area contributed by atoms with Crippen LogP contribution in [0, 0.1) is 0 Å². The molecule has 0 spiro atoms. The molecule has 7 nitrogen and oxygen atoms in total. The number of halogens is 3. The molecule has 3 amide bonds. The normalized spacial score (nSPS) is 19.9. The van der Waals surface area contributed by atoms with Gasteiger partial charge in [-0.15, -0.1) is 11.3 Å². The minimum atomic E-state index is -5.09. The minimum absolute atomic E-state index is 0.118. The first-order valence-corrected chi connectivity index (χ1v) is 8.91. The van der Waals surface area contributed by atoms with Crippen LogP contribution in [-0.4, -0.2) is 52.2 Å². The summed E-state index contributed by atoms with van der Waals surface area (Å²) in [6, 6.07) is 5.21. The van der Waals surface area contributed by atoms with E-state index in [2.05, 4.69) is 10.3 Å². The minimum Gasteiger partial charge on any atom is -0.374 e. The summed E-state index contributed by atoms with van der Waals surface area (Å²) in [6.07, 6.45) is -5.93. The molecule has 2 atom stereocenters. The first-order valence-electron chi connectivity index (χ1n) is 8.09. The van der Waals surface area contributed by atoms with Crippen LogP contribution < -0.4 is 11.1 Å². The number of thiazole rings is 1. The van der Waals surface area contributed by atoms with Gasteiger partial charge in [0.25, 0.3) is 0 Å². The van der Waals surface area contributed by atoms with Crippen LogP contribution in [0.15, 0.2) is 24.3 Å². The molecule has 1 aliphatic heterocycles. The van der Waals surface area contributed by atoms with Crippen LogP contribution in [0.4, 0.5) is 18.0 Å². The Balaban J connectivity index is 1.79. The van der Waals surface area contributed by atoms with E-state index in [0.29, 0.717) is 34.5 Å². The molecule has 0 bridgehead atoms. The number of nitrogens with two attached hydrogens (primary N) is 1. The molecule has 2 unspecified atom stereocenters. The van der Waals surface area contributed by atoms with Crippen LogP contribution >= 0.6 is 11.3 Å². The molecule has 1 saturated heterocycles. The highest BCUT2D eigenvalue weighted by atomic mass is 32.1. The van der Waals surface area contributed by atoms with E-state index in [1.54, 1.807) is 18.2 Å². The molecule has 4 N–H and O–H groups in total. The number of carbonyl (C=O) groups excluding carboxylic acids is 2. The second-order valence-corrected chi connectivity index (χ2v) is 7.39. The number of amides is 3. The first kappa shape index (κ1) is 19.4. The zero-order valence-corrected chi connectivity index (χ0v) is 14.8.